The van der Waals surface area contributed by atoms with Gasteiger partial charge < -0.3 is 5.32 Å². The normalized spacial score (nSPS) is 22.7. The molecule has 0 saturated carbocycles. The molecule has 1 aliphatic carbocycles. The molecule has 1 aromatic carbocycles. The Balaban J connectivity index is 1.61. The van der Waals surface area contributed by atoms with E-state index < -0.39 is 5.54 Å². The summed E-state index contributed by atoms with van der Waals surface area (Å²) in [5, 5.41) is 7.64. The molecule has 1 saturated heterocycles. The van der Waals surface area contributed by atoms with E-state index in [1.54, 1.807) is 23.1 Å². The third kappa shape index (κ3) is 2.13. The highest BCUT2D eigenvalue weighted by atomic mass is 35.5. The number of hydrogen-bond donors (Lipinski definition) is 1. The Bertz CT molecular complexity index is 789. The summed E-state index contributed by atoms with van der Waals surface area (Å²) in [6.45, 7) is 0.784. The number of nitrogens with zero attached hydrogens (tertiary/aromatic N) is 3. The Morgan fingerprint density at radius 2 is 2.17 bits per heavy atom. The Hall–Kier alpha value is -2.34. The van der Waals surface area contributed by atoms with Crippen LogP contribution in [0.1, 0.15) is 17.5 Å². The SMILES string of the molecule is O=C1NC2(CCc3cc(Cl)ccc32)C(=O)N1CCn1cccn1. The van der Waals surface area contributed by atoms with Crippen LogP contribution in [-0.2, 0) is 23.3 Å². The van der Waals surface area contributed by atoms with Crippen molar-refractivity contribution >= 4 is 23.5 Å². The second kappa shape index (κ2) is 5.09. The van der Waals surface area contributed by atoms with Crippen LogP contribution in [0.25, 0.3) is 0 Å². The first-order valence-electron chi connectivity index (χ1n) is 7.51. The van der Waals surface area contributed by atoms with Gasteiger partial charge in [0.1, 0.15) is 5.54 Å². The van der Waals surface area contributed by atoms with Gasteiger partial charge in [-0.2, -0.15) is 5.10 Å². The maximum atomic E-state index is 12.9. The van der Waals surface area contributed by atoms with Gasteiger partial charge in [-0.15, -0.1) is 0 Å². The summed E-state index contributed by atoms with van der Waals surface area (Å²) in [6.07, 6.45) is 4.78. The van der Waals surface area contributed by atoms with Crippen molar-refractivity contribution in [2.45, 2.75) is 24.9 Å². The summed E-state index contributed by atoms with van der Waals surface area (Å²) in [5.41, 5.74) is 0.961. The molecule has 118 valence electrons. The second-order valence-electron chi connectivity index (χ2n) is 5.86. The zero-order valence-electron chi connectivity index (χ0n) is 12.3. The van der Waals surface area contributed by atoms with E-state index in [0.29, 0.717) is 24.5 Å². The number of fused-ring (bicyclic) bond motifs is 2. The minimum absolute atomic E-state index is 0.185. The summed E-state index contributed by atoms with van der Waals surface area (Å²) in [4.78, 5) is 26.5. The molecule has 0 bridgehead atoms. The van der Waals surface area contributed by atoms with Crippen LogP contribution in [0.15, 0.2) is 36.7 Å². The molecule has 1 spiro atoms. The highest BCUT2D eigenvalue weighted by Crippen LogP contribution is 2.42. The standard InChI is InChI=1S/C16H15ClN4O2/c17-12-2-3-13-11(10-12)4-5-16(13)14(22)21(15(23)19-16)9-8-20-7-1-6-18-20/h1-3,6-7,10H,4-5,8-9H2,(H,19,23). The fourth-order valence-corrected chi connectivity index (χ4v) is 3.65. The van der Waals surface area contributed by atoms with Crippen molar-refractivity contribution in [3.8, 4) is 0 Å². The lowest BCUT2D eigenvalue weighted by Gasteiger charge is -2.22. The van der Waals surface area contributed by atoms with Crippen molar-refractivity contribution in [1.29, 1.82) is 0 Å². The first-order chi connectivity index (χ1) is 11.1. The Kier molecular flexibility index (Phi) is 3.16. The molecule has 2 aliphatic rings. The van der Waals surface area contributed by atoms with Gasteiger partial charge in [-0.05, 0) is 42.2 Å². The first kappa shape index (κ1) is 14.3. The van der Waals surface area contributed by atoms with Crippen LogP contribution in [0.5, 0.6) is 0 Å². The summed E-state index contributed by atoms with van der Waals surface area (Å²) in [5.74, 6) is -0.185. The molecule has 6 nitrogen and oxygen atoms in total. The maximum absolute atomic E-state index is 12.9. The van der Waals surface area contributed by atoms with Crippen LogP contribution in [0.2, 0.25) is 5.02 Å². The molecule has 3 amide bonds. The number of benzene rings is 1. The number of halogens is 1. The topological polar surface area (TPSA) is 67.2 Å². The molecule has 23 heavy (non-hydrogen) atoms. The van der Waals surface area contributed by atoms with Gasteiger partial charge in [0, 0.05) is 17.4 Å². The van der Waals surface area contributed by atoms with Crippen molar-refractivity contribution in [1.82, 2.24) is 20.0 Å². The summed E-state index contributed by atoms with van der Waals surface area (Å²) < 4.78 is 1.70. The number of nitrogens with one attached hydrogen (secondary N) is 1. The van der Waals surface area contributed by atoms with Crippen LogP contribution in [0.4, 0.5) is 4.79 Å². The molecule has 7 heteroatoms. The molecular formula is C16H15ClN4O2. The van der Waals surface area contributed by atoms with Gasteiger partial charge >= 0.3 is 6.03 Å². The lowest BCUT2D eigenvalue weighted by molar-refractivity contribution is -0.131. The number of urea groups is 1. The fraction of sp³-hybridized carbons (Fsp3) is 0.312. The van der Waals surface area contributed by atoms with Gasteiger partial charge in [0.15, 0.2) is 0 Å². The highest BCUT2D eigenvalue weighted by Gasteiger charge is 2.55. The van der Waals surface area contributed by atoms with E-state index in [-0.39, 0.29) is 11.9 Å². The third-order valence-electron chi connectivity index (χ3n) is 4.58. The predicted molar refractivity (Wildman–Crippen MR) is 83.9 cm³/mol. The Morgan fingerprint density at radius 1 is 1.30 bits per heavy atom. The molecule has 1 aromatic heterocycles. The van der Waals surface area contributed by atoms with Crippen molar-refractivity contribution in [2.75, 3.05) is 6.54 Å². The lowest BCUT2D eigenvalue weighted by atomic mass is 9.92. The van der Waals surface area contributed by atoms with Gasteiger partial charge in [0.25, 0.3) is 5.91 Å². The van der Waals surface area contributed by atoms with E-state index in [1.165, 1.54) is 4.90 Å². The number of carbonyl (C=O) groups excluding carboxylic acids is 2. The molecule has 0 radical (unpaired) electrons. The molecule has 1 N–H and O–H groups in total. The van der Waals surface area contributed by atoms with Crippen LogP contribution >= 0.6 is 11.6 Å². The third-order valence-corrected chi connectivity index (χ3v) is 4.82. The molecule has 1 unspecified atom stereocenters. The van der Waals surface area contributed by atoms with Gasteiger partial charge in [-0.1, -0.05) is 17.7 Å². The van der Waals surface area contributed by atoms with E-state index in [4.69, 9.17) is 11.6 Å². The number of hydrogen-bond acceptors (Lipinski definition) is 3. The smallest absolute Gasteiger partial charge is 0.319 e. The molecule has 1 fully saturated rings. The summed E-state index contributed by atoms with van der Waals surface area (Å²) in [6, 6.07) is 6.95. The number of rotatable bonds is 3. The van der Waals surface area contributed by atoms with Crippen LogP contribution < -0.4 is 5.32 Å². The quantitative estimate of drug-likeness (QED) is 0.874. The van der Waals surface area contributed by atoms with E-state index in [1.807, 2.05) is 18.2 Å². The molecule has 2 heterocycles. The number of aromatic nitrogens is 2. The summed E-state index contributed by atoms with van der Waals surface area (Å²) in [7, 11) is 0. The molecule has 1 aliphatic heterocycles. The lowest BCUT2D eigenvalue weighted by Crippen LogP contribution is -2.42. The van der Waals surface area contributed by atoms with Gasteiger partial charge in [0.05, 0.1) is 13.1 Å². The fourth-order valence-electron chi connectivity index (χ4n) is 3.46. The largest absolute Gasteiger partial charge is 0.325 e. The van der Waals surface area contributed by atoms with E-state index in [0.717, 1.165) is 17.5 Å². The van der Waals surface area contributed by atoms with E-state index in [9.17, 15) is 9.59 Å². The average molecular weight is 331 g/mol. The number of amides is 3. The second-order valence-corrected chi connectivity index (χ2v) is 6.30. The van der Waals surface area contributed by atoms with Gasteiger partial charge in [-0.3, -0.25) is 14.4 Å². The van der Waals surface area contributed by atoms with Crippen LogP contribution in [0, 0.1) is 0 Å². The highest BCUT2D eigenvalue weighted by molar-refractivity contribution is 6.30. The molecule has 2 aromatic rings. The minimum atomic E-state index is -0.929. The van der Waals surface area contributed by atoms with Crippen molar-refractivity contribution in [3.05, 3.63) is 52.8 Å². The van der Waals surface area contributed by atoms with Crippen LogP contribution in [-0.4, -0.2) is 33.2 Å². The first-order valence-corrected chi connectivity index (χ1v) is 7.88. The molecule has 4 rings (SSSR count). The Morgan fingerprint density at radius 3 is 2.96 bits per heavy atom. The van der Waals surface area contributed by atoms with Crippen molar-refractivity contribution in [3.63, 3.8) is 0 Å². The average Bonchev–Trinajstić information content (AvgIpc) is 3.20. The van der Waals surface area contributed by atoms with E-state index >= 15 is 0 Å². The Labute approximate surface area is 138 Å². The molecular weight excluding hydrogens is 316 g/mol. The zero-order chi connectivity index (χ0) is 16.0. The van der Waals surface area contributed by atoms with Crippen LogP contribution in [0.3, 0.4) is 0 Å². The molecule has 1 atom stereocenters. The predicted octanol–water partition coefficient (Wildman–Crippen LogP) is 1.93. The summed E-state index contributed by atoms with van der Waals surface area (Å²) >= 11 is 6.03. The zero-order valence-corrected chi connectivity index (χ0v) is 13.1. The maximum Gasteiger partial charge on any atom is 0.325 e. The van der Waals surface area contributed by atoms with Gasteiger partial charge in [-0.25, -0.2) is 4.79 Å². The van der Waals surface area contributed by atoms with Gasteiger partial charge in [0.2, 0.25) is 0 Å². The van der Waals surface area contributed by atoms with Crippen molar-refractivity contribution in [2.24, 2.45) is 0 Å². The number of carbonyl (C=O) groups is 2. The number of imide groups is 1. The number of aryl methyl sites for hydroxylation is 1. The monoisotopic (exact) mass is 330 g/mol. The minimum Gasteiger partial charge on any atom is -0.319 e. The van der Waals surface area contributed by atoms with Crippen molar-refractivity contribution < 1.29 is 9.59 Å². The van der Waals surface area contributed by atoms with E-state index in [2.05, 4.69) is 10.4 Å².